The van der Waals surface area contributed by atoms with Crippen molar-refractivity contribution in [1.29, 1.82) is 0 Å². The van der Waals surface area contributed by atoms with Crippen molar-refractivity contribution in [2.45, 2.75) is 33.2 Å². The number of aromatic nitrogens is 2. The molecule has 0 fully saturated rings. The van der Waals surface area contributed by atoms with Crippen LogP contribution in [0.2, 0.25) is 10.0 Å². The third kappa shape index (κ3) is 7.18. The molecule has 192 valence electrons. The lowest BCUT2D eigenvalue weighted by Gasteiger charge is -2.24. The molecule has 0 aliphatic heterocycles. The van der Waals surface area contributed by atoms with Crippen molar-refractivity contribution in [3.63, 3.8) is 0 Å². The number of benzene rings is 2. The Morgan fingerprint density at radius 2 is 1.62 bits per heavy atom. The van der Waals surface area contributed by atoms with E-state index in [1.807, 2.05) is 56.0 Å². The highest BCUT2D eigenvalue weighted by Gasteiger charge is 2.23. The normalized spacial score (nSPS) is 11.6. The van der Waals surface area contributed by atoms with E-state index in [4.69, 9.17) is 27.9 Å². The quantitative estimate of drug-likeness (QED) is 0.308. The zero-order valence-corrected chi connectivity index (χ0v) is 22.5. The highest BCUT2D eigenvalue weighted by Crippen LogP contribution is 2.28. The summed E-state index contributed by atoms with van der Waals surface area (Å²) < 4.78 is 4.86. The van der Waals surface area contributed by atoms with Gasteiger partial charge in [-0.05, 0) is 63.1 Å². The Kier molecular flexibility index (Phi) is 9.83. The zero-order valence-electron chi connectivity index (χ0n) is 21.0. The van der Waals surface area contributed by atoms with Gasteiger partial charge >= 0.3 is 5.97 Å². The first-order valence-corrected chi connectivity index (χ1v) is 12.3. The molecule has 0 saturated heterocycles. The summed E-state index contributed by atoms with van der Waals surface area (Å²) in [5.74, 6) is -0.548. The molecule has 0 radical (unpaired) electrons. The van der Waals surface area contributed by atoms with E-state index in [2.05, 4.69) is 15.3 Å². The van der Waals surface area contributed by atoms with Gasteiger partial charge in [0.15, 0.2) is 0 Å². The molecule has 1 atom stereocenters. The minimum absolute atomic E-state index is 0.109. The van der Waals surface area contributed by atoms with E-state index in [1.165, 1.54) is 7.11 Å². The Bertz CT molecular complexity index is 1280. The van der Waals surface area contributed by atoms with Crippen LogP contribution in [0.1, 0.15) is 43.1 Å². The van der Waals surface area contributed by atoms with Gasteiger partial charge in [-0.3, -0.25) is 9.69 Å². The molecule has 37 heavy (non-hydrogen) atoms. The van der Waals surface area contributed by atoms with Gasteiger partial charge in [0.1, 0.15) is 6.04 Å². The highest BCUT2D eigenvalue weighted by atomic mass is 35.5. The molecule has 0 aliphatic carbocycles. The summed E-state index contributed by atoms with van der Waals surface area (Å²) in [5.41, 5.74) is 4.11. The summed E-state index contributed by atoms with van der Waals surface area (Å²) in [6.45, 7) is 6.10. The van der Waals surface area contributed by atoms with Crippen LogP contribution in [-0.2, 0) is 9.53 Å². The molecule has 1 aromatic heterocycles. The van der Waals surface area contributed by atoms with E-state index >= 15 is 0 Å². The zero-order chi connectivity index (χ0) is 26.9. The minimum Gasteiger partial charge on any atom is -0.467 e. The largest absolute Gasteiger partial charge is 0.467 e. The van der Waals surface area contributed by atoms with Crippen molar-refractivity contribution in [3.8, 4) is 0 Å². The number of methoxy groups -OCH3 is 1. The lowest BCUT2D eigenvalue weighted by Crippen LogP contribution is -2.41. The van der Waals surface area contributed by atoms with Gasteiger partial charge in [0, 0.05) is 23.8 Å². The maximum atomic E-state index is 12.7. The molecule has 7 nitrogen and oxygen atoms in total. The SMILES string of the molecule is COC(=O)C(C/C=C/c1ccc(N(C(C)=C(C)C)c2ncccn2)cc1)NC(=O)c1c(Cl)cccc1Cl. The number of ether oxygens (including phenoxy) is 1. The third-order valence-corrected chi connectivity index (χ3v) is 6.26. The first-order valence-electron chi connectivity index (χ1n) is 11.5. The standard InChI is InChI=1S/C28H28Cl2N4O3/c1-18(2)19(3)34(28-31-16-7-17-32-28)21-14-12-20(13-15-21)8-5-11-24(27(36)37-4)33-26(35)25-22(29)9-6-10-23(25)30/h5-10,12-17,24H,11H2,1-4H3,(H,33,35)/b8-5+. The molecule has 1 unspecified atom stereocenters. The van der Waals surface area contributed by atoms with Crippen LogP contribution in [0.15, 0.2) is 78.3 Å². The van der Waals surface area contributed by atoms with Crippen LogP contribution >= 0.6 is 23.2 Å². The molecule has 1 heterocycles. The van der Waals surface area contributed by atoms with E-state index in [9.17, 15) is 9.59 Å². The fourth-order valence-electron chi connectivity index (χ4n) is 3.47. The van der Waals surface area contributed by atoms with Crippen LogP contribution in [0.25, 0.3) is 6.08 Å². The molecule has 1 amide bonds. The van der Waals surface area contributed by atoms with Crippen molar-refractivity contribution < 1.29 is 14.3 Å². The fourth-order valence-corrected chi connectivity index (χ4v) is 4.03. The number of nitrogens with zero attached hydrogens (tertiary/aromatic N) is 3. The van der Waals surface area contributed by atoms with Crippen LogP contribution in [0.4, 0.5) is 11.6 Å². The number of nitrogens with one attached hydrogen (secondary N) is 1. The predicted molar refractivity (Wildman–Crippen MR) is 148 cm³/mol. The van der Waals surface area contributed by atoms with Crippen molar-refractivity contribution in [3.05, 3.63) is 99.4 Å². The summed E-state index contributed by atoms with van der Waals surface area (Å²) in [6, 6.07) is 13.5. The van der Waals surface area contributed by atoms with Crippen molar-refractivity contribution in [2.75, 3.05) is 12.0 Å². The maximum Gasteiger partial charge on any atom is 0.328 e. The molecule has 9 heteroatoms. The van der Waals surface area contributed by atoms with E-state index in [0.29, 0.717) is 5.95 Å². The minimum atomic E-state index is -0.911. The summed E-state index contributed by atoms with van der Waals surface area (Å²) in [7, 11) is 1.27. The first kappa shape index (κ1) is 27.9. The Labute approximate surface area is 226 Å². The number of allylic oxidation sites excluding steroid dienone is 2. The number of hydrogen-bond acceptors (Lipinski definition) is 6. The summed E-state index contributed by atoms with van der Waals surface area (Å²) in [4.78, 5) is 35.8. The van der Waals surface area contributed by atoms with Gasteiger partial charge in [-0.25, -0.2) is 14.8 Å². The maximum absolute atomic E-state index is 12.7. The molecule has 0 saturated carbocycles. The highest BCUT2D eigenvalue weighted by molar-refractivity contribution is 6.39. The topological polar surface area (TPSA) is 84.4 Å². The number of amides is 1. The lowest BCUT2D eigenvalue weighted by atomic mass is 10.1. The molecule has 0 bridgehead atoms. The molecule has 3 rings (SSSR count). The second-order valence-corrected chi connectivity index (χ2v) is 9.16. The lowest BCUT2D eigenvalue weighted by molar-refractivity contribution is -0.142. The molecule has 0 spiro atoms. The van der Waals surface area contributed by atoms with Crippen LogP contribution in [0.5, 0.6) is 0 Å². The number of esters is 1. The second kappa shape index (κ2) is 13.0. The van der Waals surface area contributed by atoms with Crippen LogP contribution in [0.3, 0.4) is 0 Å². The Morgan fingerprint density at radius 1 is 1.00 bits per heavy atom. The number of carbonyl (C=O) groups excluding carboxylic acids is 2. The monoisotopic (exact) mass is 538 g/mol. The number of hydrogen-bond donors (Lipinski definition) is 1. The molecule has 0 aliphatic rings. The Hall–Kier alpha value is -3.68. The Morgan fingerprint density at radius 3 is 2.19 bits per heavy atom. The van der Waals surface area contributed by atoms with Gasteiger partial charge < -0.3 is 10.1 Å². The van der Waals surface area contributed by atoms with E-state index in [1.54, 1.807) is 42.7 Å². The van der Waals surface area contributed by atoms with Crippen molar-refractivity contribution in [1.82, 2.24) is 15.3 Å². The number of anilines is 2. The van der Waals surface area contributed by atoms with Crippen LogP contribution in [-0.4, -0.2) is 35.0 Å². The van der Waals surface area contributed by atoms with Crippen molar-refractivity contribution in [2.24, 2.45) is 0 Å². The summed E-state index contributed by atoms with van der Waals surface area (Å²) in [5, 5.41) is 3.05. The van der Waals surface area contributed by atoms with Gasteiger partial charge in [-0.15, -0.1) is 0 Å². The number of halogens is 2. The summed E-state index contributed by atoms with van der Waals surface area (Å²) >= 11 is 12.3. The fraction of sp³-hybridized carbons (Fsp3) is 0.214. The van der Waals surface area contributed by atoms with Gasteiger partial charge in [0.2, 0.25) is 5.95 Å². The van der Waals surface area contributed by atoms with Gasteiger partial charge in [-0.1, -0.05) is 59.1 Å². The average Bonchev–Trinajstić information content (AvgIpc) is 2.89. The Balaban J connectivity index is 1.75. The molecule has 2 aromatic carbocycles. The molecule has 3 aromatic rings. The molecule has 1 N–H and O–H groups in total. The van der Waals surface area contributed by atoms with Crippen LogP contribution < -0.4 is 10.2 Å². The predicted octanol–water partition coefficient (Wildman–Crippen LogP) is 6.61. The first-order chi connectivity index (χ1) is 17.7. The smallest absolute Gasteiger partial charge is 0.328 e. The molecular weight excluding hydrogens is 511 g/mol. The number of carbonyl (C=O) groups is 2. The van der Waals surface area contributed by atoms with Crippen molar-refractivity contribution >= 4 is 52.8 Å². The van der Waals surface area contributed by atoms with Crippen LogP contribution in [0, 0.1) is 0 Å². The van der Waals surface area contributed by atoms with Gasteiger partial charge in [-0.2, -0.15) is 0 Å². The average molecular weight is 539 g/mol. The summed E-state index contributed by atoms with van der Waals surface area (Å²) in [6.07, 6.45) is 7.29. The molecular formula is C28H28Cl2N4O3. The van der Waals surface area contributed by atoms with Gasteiger partial charge in [0.25, 0.3) is 5.91 Å². The number of rotatable bonds is 9. The van der Waals surface area contributed by atoms with E-state index in [0.717, 1.165) is 22.5 Å². The van der Waals surface area contributed by atoms with E-state index in [-0.39, 0.29) is 22.0 Å². The van der Waals surface area contributed by atoms with Gasteiger partial charge in [0.05, 0.1) is 22.7 Å². The third-order valence-electron chi connectivity index (χ3n) is 5.63. The van der Waals surface area contributed by atoms with E-state index < -0.39 is 17.9 Å². The second-order valence-electron chi connectivity index (χ2n) is 8.35.